The largest absolute Gasteiger partial charge is 0.292 e. The molecule has 0 bridgehead atoms. The molecule has 9 heteroatoms. The smallest absolute Gasteiger partial charge is 0.273 e. The summed E-state index contributed by atoms with van der Waals surface area (Å²) in [5.74, 6) is 1.24. The van der Waals surface area contributed by atoms with E-state index < -0.39 is 7.29 Å². The molecule has 10 aromatic rings. The van der Waals surface area contributed by atoms with Gasteiger partial charge in [0, 0.05) is 32.9 Å². The molecule has 0 amide bonds. The molecule has 0 N–H and O–H groups in total. The van der Waals surface area contributed by atoms with Crippen LogP contribution in [0.4, 0.5) is 11.4 Å². The Morgan fingerprint density at radius 2 is 0.679 bits per heavy atom. The minimum atomic E-state index is -3.90. The summed E-state index contributed by atoms with van der Waals surface area (Å²) in [7, 11) is -3.90. The molecule has 8 nitrogen and oxygen atoms in total. The van der Waals surface area contributed by atoms with Crippen LogP contribution in [0.2, 0.25) is 0 Å². The van der Waals surface area contributed by atoms with Gasteiger partial charge >= 0.3 is 0 Å². The van der Waals surface area contributed by atoms with Crippen molar-refractivity contribution in [3.8, 4) is 11.6 Å². The number of para-hydroxylation sites is 6. The SMILES string of the molecule is O=P(c1ccc(-n2c3ccccc3c3ccccc32)nn1)(c1ccc(-n2c3ccccc3c3ccccc32)nn1)N(c1ccccc1)c1ccccc1. The van der Waals surface area contributed by atoms with Gasteiger partial charge in [-0.05, 0) is 72.8 Å². The lowest BCUT2D eigenvalue weighted by Gasteiger charge is -2.32. The number of rotatable bonds is 7. The van der Waals surface area contributed by atoms with E-state index in [1.807, 2.05) is 138 Å². The third kappa shape index (κ3) is 4.88. The molecule has 53 heavy (non-hydrogen) atoms. The fourth-order valence-electron chi connectivity index (χ4n) is 7.47. The Morgan fingerprint density at radius 1 is 0.358 bits per heavy atom. The van der Waals surface area contributed by atoms with Crippen LogP contribution in [0.5, 0.6) is 0 Å². The second-order valence-corrected chi connectivity index (χ2v) is 15.3. The highest BCUT2D eigenvalue weighted by molar-refractivity contribution is 7.80. The van der Waals surface area contributed by atoms with E-state index in [0.717, 1.165) is 55.0 Å². The maximum absolute atomic E-state index is 16.3. The van der Waals surface area contributed by atoms with Crippen LogP contribution in [0.1, 0.15) is 0 Å². The van der Waals surface area contributed by atoms with E-state index in [-0.39, 0.29) is 10.9 Å². The molecule has 0 saturated heterocycles. The number of anilines is 2. The summed E-state index contributed by atoms with van der Waals surface area (Å²) >= 11 is 0. The maximum atomic E-state index is 16.3. The third-order valence-corrected chi connectivity index (χ3v) is 12.5. The highest BCUT2D eigenvalue weighted by atomic mass is 31.2. The van der Waals surface area contributed by atoms with Crippen LogP contribution < -0.4 is 15.5 Å². The predicted octanol–water partition coefficient (Wildman–Crippen LogP) is 9.53. The summed E-state index contributed by atoms with van der Waals surface area (Å²) in [6.07, 6.45) is 0. The van der Waals surface area contributed by atoms with E-state index in [2.05, 4.69) is 57.7 Å². The molecule has 0 fully saturated rings. The summed E-state index contributed by atoms with van der Waals surface area (Å²) in [6, 6.07) is 59.8. The van der Waals surface area contributed by atoms with E-state index in [0.29, 0.717) is 11.6 Å². The van der Waals surface area contributed by atoms with Crippen LogP contribution in [-0.4, -0.2) is 29.5 Å². The zero-order valence-corrected chi connectivity index (χ0v) is 29.2. The van der Waals surface area contributed by atoms with Crippen molar-refractivity contribution in [2.45, 2.75) is 0 Å². The van der Waals surface area contributed by atoms with Gasteiger partial charge < -0.3 is 0 Å². The molecular formula is C44H30N7OP. The normalized spacial score (nSPS) is 11.8. The molecule has 0 atom stereocenters. The Bertz CT molecular complexity index is 2670. The second-order valence-electron chi connectivity index (χ2n) is 12.8. The first-order valence-corrected chi connectivity index (χ1v) is 19.0. The Hall–Kier alpha value is -6.89. The van der Waals surface area contributed by atoms with Gasteiger partial charge in [-0.2, -0.15) is 0 Å². The molecule has 0 saturated carbocycles. The van der Waals surface area contributed by atoms with Gasteiger partial charge in [0.15, 0.2) is 11.6 Å². The zero-order valence-electron chi connectivity index (χ0n) is 28.3. The van der Waals surface area contributed by atoms with Crippen LogP contribution in [0.25, 0.3) is 55.2 Å². The molecule has 4 aromatic heterocycles. The molecule has 0 aliphatic heterocycles. The van der Waals surface area contributed by atoms with Crippen molar-refractivity contribution in [3.63, 3.8) is 0 Å². The van der Waals surface area contributed by atoms with E-state index >= 15 is 4.57 Å². The van der Waals surface area contributed by atoms with Crippen molar-refractivity contribution in [2.24, 2.45) is 0 Å². The molecular weight excluding hydrogens is 674 g/mol. The minimum Gasteiger partial charge on any atom is -0.292 e. The van der Waals surface area contributed by atoms with Crippen LogP contribution in [0.15, 0.2) is 182 Å². The van der Waals surface area contributed by atoms with Gasteiger partial charge in [0.1, 0.15) is 10.9 Å². The van der Waals surface area contributed by atoms with Gasteiger partial charge in [-0.15, -0.1) is 20.4 Å². The lowest BCUT2D eigenvalue weighted by molar-refractivity contribution is 0.585. The number of fused-ring (bicyclic) bond motifs is 6. The number of nitrogens with zero attached hydrogens (tertiary/aromatic N) is 7. The van der Waals surface area contributed by atoms with E-state index in [1.54, 1.807) is 0 Å². The van der Waals surface area contributed by atoms with Crippen molar-refractivity contribution in [2.75, 3.05) is 4.67 Å². The fourth-order valence-corrected chi connectivity index (χ4v) is 9.92. The average Bonchev–Trinajstić information content (AvgIpc) is 3.75. The lowest BCUT2D eigenvalue weighted by atomic mass is 10.2. The second kappa shape index (κ2) is 12.4. The highest BCUT2D eigenvalue weighted by Crippen LogP contribution is 2.53. The van der Waals surface area contributed by atoms with Crippen LogP contribution in [0, 0.1) is 0 Å². The Labute approximate surface area is 304 Å². The molecule has 0 unspecified atom stereocenters. The van der Waals surface area contributed by atoms with Gasteiger partial charge in [0.05, 0.1) is 22.1 Å². The minimum absolute atomic E-state index is 0.286. The topological polar surface area (TPSA) is 81.7 Å². The quantitative estimate of drug-likeness (QED) is 0.154. The summed E-state index contributed by atoms with van der Waals surface area (Å²) in [4.78, 5) is 0. The van der Waals surface area contributed by atoms with Gasteiger partial charge in [-0.3, -0.25) is 18.4 Å². The monoisotopic (exact) mass is 703 g/mol. The van der Waals surface area contributed by atoms with Crippen molar-refractivity contribution < 1.29 is 4.57 Å². The lowest BCUT2D eigenvalue weighted by Crippen LogP contribution is -2.33. The predicted molar refractivity (Wildman–Crippen MR) is 215 cm³/mol. The Morgan fingerprint density at radius 3 is 1.00 bits per heavy atom. The van der Waals surface area contributed by atoms with E-state index in [1.165, 1.54) is 0 Å². The van der Waals surface area contributed by atoms with Gasteiger partial charge in [-0.25, -0.2) is 0 Å². The number of benzene rings is 6. The molecule has 6 aromatic carbocycles. The molecule has 0 aliphatic rings. The zero-order chi connectivity index (χ0) is 35.4. The first-order chi connectivity index (χ1) is 26.2. The summed E-state index contributed by atoms with van der Waals surface area (Å²) in [6.45, 7) is 0. The molecule has 0 spiro atoms. The summed E-state index contributed by atoms with van der Waals surface area (Å²) < 4.78 is 22.3. The van der Waals surface area contributed by atoms with E-state index in [9.17, 15) is 0 Å². The Balaban J connectivity index is 1.17. The van der Waals surface area contributed by atoms with Crippen LogP contribution in [0.3, 0.4) is 0 Å². The summed E-state index contributed by atoms with van der Waals surface area (Å²) in [5.41, 5.74) is 6.08. The summed E-state index contributed by atoms with van der Waals surface area (Å²) in [5, 5.41) is 23.6. The first-order valence-electron chi connectivity index (χ1n) is 17.4. The number of hydrogen-bond donors (Lipinski definition) is 0. The van der Waals surface area contributed by atoms with Gasteiger partial charge in [0.25, 0.3) is 7.29 Å². The third-order valence-electron chi connectivity index (χ3n) is 9.80. The standard InChI is InChI=1S/C44H30N7OP/c52-53(51(31-15-3-1-4-16-31)32-17-5-2-6-18-32,43-29-27-41(45-47-43)49-37-23-11-7-19-33(37)34-20-8-12-24-38(34)49)44-30-28-42(46-48-44)50-39-25-13-9-21-35(39)36-22-10-14-26-40(36)50/h1-30H. The van der Waals surface area contributed by atoms with E-state index in [4.69, 9.17) is 20.4 Å². The fraction of sp³-hybridized carbons (Fsp3) is 0. The van der Waals surface area contributed by atoms with Crippen LogP contribution >= 0.6 is 7.29 Å². The molecule has 252 valence electrons. The average molecular weight is 704 g/mol. The number of aromatic nitrogens is 6. The van der Waals surface area contributed by atoms with Crippen molar-refractivity contribution in [1.29, 1.82) is 0 Å². The molecule has 10 rings (SSSR count). The first kappa shape index (κ1) is 30.9. The van der Waals surface area contributed by atoms with Crippen LogP contribution in [-0.2, 0) is 4.57 Å². The molecule has 0 aliphatic carbocycles. The molecule has 4 heterocycles. The highest BCUT2D eigenvalue weighted by Gasteiger charge is 2.40. The number of hydrogen-bond acceptors (Lipinski definition) is 5. The Kier molecular flexibility index (Phi) is 7.23. The van der Waals surface area contributed by atoms with Gasteiger partial charge in [-0.1, -0.05) is 109 Å². The molecule has 0 radical (unpaired) electrons. The van der Waals surface area contributed by atoms with Crippen molar-refractivity contribution in [3.05, 3.63) is 182 Å². The maximum Gasteiger partial charge on any atom is 0.273 e. The van der Waals surface area contributed by atoms with Gasteiger partial charge in [0.2, 0.25) is 0 Å². The van der Waals surface area contributed by atoms with Crippen molar-refractivity contribution in [1.82, 2.24) is 29.5 Å². The van der Waals surface area contributed by atoms with Crippen molar-refractivity contribution >= 4 is 73.1 Å².